The zero-order valence-electron chi connectivity index (χ0n) is 5.41. The molecule has 11 heavy (non-hydrogen) atoms. The molecule has 0 saturated heterocycles. The Kier molecular flexibility index (Phi) is 2.69. The third-order valence-electron chi connectivity index (χ3n) is 0.962. The van der Waals surface area contributed by atoms with E-state index in [-0.39, 0.29) is 5.82 Å². The van der Waals surface area contributed by atoms with Crippen molar-refractivity contribution in [3.05, 3.63) is 12.2 Å². The molecule has 0 amide bonds. The van der Waals surface area contributed by atoms with Crippen molar-refractivity contribution in [1.82, 2.24) is 14.8 Å². The number of aromatic nitrogens is 3. The number of alkyl halides is 2. The molecular weight excluding hydrogens is 187 g/mol. The summed E-state index contributed by atoms with van der Waals surface area (Å²) in [7, 11) is 0. The molecule has 1 heterocycles. The van der Waals surface area contributed by atoms with Gasteiger partial charge in [0, 0.05) is 0 Å². The van der Waals surface area contributed by atoms with Gasteiger partial charge < -0.3 is 0 Å². The first-order valence-corrected chi connectivity index (χ1v) is 3.67. The second kappa shape index (κ2) is 3.56. The average Bonchev–Trinajstić information content (AvgIpc) is 2.34. The number of rotatable bonds is 2. The summed E-state index contributed by atoms with van der Waals surface area (Å²) in [5, 5.41) is 12.1. The average molecular weight is 191 g/mol. The van der Waals surface area contributed by atoms with Crippen molar-refractivity contribution in [3.63, 3.8) is 0 Å². The molecule has 0 radical (unpaired) electrons. The first kappa shape index (κ1) is 8.31. The van der Waals surface area contributed by atoms with E-state index in [4.69, 9.17) is 28.5 Å². The van der Waals surface area contributed by atoms with Gasteiger partial charge in [-0.15, -0.1) is 28.3 Å². The molecule has 0 saturated carbocycles. The fourth-order valence-corrected chi connectivity index (χ4v) is 0.858. The van der Waals surface area contributed by atoms with E-state index in [1.54, 1.807) is 6.07 Å². The summed E-state index contributed by atoms with van der Waals surface area (Å²) in [5.74, 6) is 0.124. The van der Waals surface area contributed by atoms with Crippen LogP contribution < -0.4 is 0 Å². The highest BCUT2D eigenvalue weighted by Gasteiger charge is 2.02. The SMILES string of the molecule is N#Cc1ncn(CC(Cl)Cl)n1. The lowest BCUT2D eigenvalue weighted by atomic mass is 10.7. The van der Waals surface area contributed by atoms with Gasteiger partial charge >= 0.3 is 0 Å². The van der Waals surface area contributed by atoms with Gasteiger partial charge in [-0.3, -0.25) is 0 Å². The second-order valence-electron chi connectivity index (χ2n) is 1.79. The van der Waals surface area contributed by atoms with Crippen LogP contribution >= 0.6 is 23.2 Å². The van der Waals surface area contributed by atoms with Gasteiger partial charge in [0.15, 0.2) is 0 Å². The number of nitrogens with zero attached hydrogens (tertiary/aromatic N) is 4. The largest absolute Gasteiger partial charge is 0.252 e. The highest BCUT2D eigenvalue weighted by Crippen LogP contribution is 2.03. The van der Waals surface area contributed by atoms with E-state index in [0.717, 1.165) is 0 Å². The van der Waals surface area contributed by atoms with Crippen LogP contribution in [0.15, 0.2) is 6.33 Å². The van der Waals surface area contributed by atoms with Gasteiger partial charge in [-0.05, 0) is 0 Å². The molecule has 0 N–H and O–H groups in total. The summed E-state index contributed by atoms with van der Waals surface area (Å²) >= 11 is 10.9. The van der Waals surface area contributed by atoms with E-state index in [1.807, 2.05) is 0 Å². The fraction of sp³-hybridized carbons (Fsp3) is 0.400. The predicted octanol–water partition coefficient (Wildman–Crippen LogP) is 0.953. The van der Waals surface area contributed by atoms with Crippen molar-refractivity contribution in [3.8, 4) is 6.07 Å². The normalized spacial score (nSPS) is 10.0. The number of hydrogen-bond donors (Lipinski definition) is 0. The molecule has 1 aromatic rings. The molecule has 0 aliphatic rings. The third kappa shape index (κ3) is 2.37. The van der Waals surface area contributed by atoms with E-state index < -0.39 is 4.84 Å². The molecule has 0 aromatic carbocycles. The van der Waals surface area contributed by atoms with E-state index in [2.05, 4.69) is 10.1 Å². The Balaban J connectivity index is 2.67. The van der Waals surface area contributed by atoms with Crippen LogP contribution in [0.2, 0.25) is 0 Å². The molecule has 0 spiro atoms. The zero-order chi connectivity index (χ0) is 8.27. The predicted molar refractivity (Wildman–Crippen MR) is 40.2 cm³/mol. The summed E-state index contributed by atoms with van der Waals surface area (Å²) in [4.78, 5) is 3.14. The first-order valence-electron chi connectivity index (χ1n) is 2.80. The van der Waals surface area contributed by atoms with E-state index in [0.29, 0.717) is 6.54 Å². The van der Waals surface area contributed by atoms with Crippen LogP contribution in [-0.2, 0) is 6.54 Å². The lowest BCUT2D eigenvalue weighted by molar-refractivity contribution is 0.643. The fourth-order valence-electron chi connectivity index (χ4n) is 0.575. The summed E-state index contributed by atoms with van der Waals surface area (Å²) in [6.45, 7) is 0.345. The van der Waals surface area contributed by atoms with Crippen LogP contribution in [0.25, 0.3) is 0 Å². The summed E-state index contributed by atoms with van der Waals surface area (Å²) < 4.78 is 1.42. The Morgan fingerprint density at radius 2 is 2.45 bits per heavy atom. The molecule has 6 heteroatoms. The second-order valence-corrected chi connectivity index (χ2v) is 3.07. The summed E-state index contributed by atoms with van der Waals surface area (Å²) in [6, 6.07) is 1.79. The minimum absolute atomic E-state index is 0.124. The third-order valence-corrected chi connectivity index (χ3v) is 1.24. The smallest absolute Gasteiger partial charge is 0.249 e. The Bertz CT molecular complexity index is 274. The highest BCUT2D eigenvalue weighted by atomic mass is 35.5. The van der Waals surface area contributed by atoms with Crippen LogP contribution in [0.4, 0.5) is 0 Å². The Hall–Kier alpha value is -0.790. The van der Waals surface area contributed by atoms with Crippen LogP contribution in [0.3, 0.4) is 0 Å². The molecule has 0 aliphatic heterocycles. The van der Waals surface area contributed by atoms with Gasteiger partial charge in [0.2, 0.25) is 0 Å². The molecule has 58 valence electrons. The molecule has 1 rings (SSSR count). The quantitative estimate of drug-likeness (QED) is 0.654. The number of nitriles is 1. The molecule has 4 nitrogen and oxygen atoms in total. The van der Waals surface area contributed by atoms with Crippen molar-refractivity contribution in [2.75, 3.05) is 0 Å². The Labute approximate surface area is 73.4 Å². The van der Waals surface area contributed by atoms with E-state index >= 15 is 0 Å². The molecule has 0 aliphatic carbocycles. The minimum atomic E-state index is -0.525. The molecule has 0 unspecified atom stereocenters. The van der Waals surface area contributed by atoms with Gasteiger partial charge in [-0.2, -0.15) is 5.26 Å². The van der Waals surface area contributed by atoms with Crippen LogP contribution in [0.5, 0.6) is 0 Å². The van der Waals surface area contributed by atoms with Gasteiger partial charge in [-0.1, -0.05) is 0 Å². The van der Waals surface area contributed by atoms with Gasteiger partial charge in [0.05, 0.1) is 6.54 Å². The maximum Gasteiger partial charge on any atom is 0.252 e. The van der Waals surface area contributed by atoms with Crippen molar-refractivity contribution in [2.45, 2.75) is 11.4 Å². The summed E-state index contributed by atoms with van der Waals surface area (Å²) in [5.41, 5.74) is 0. The topological polar surface area (TPSA) is 54.5 Å². The maximum atomic E-state index is 8.33. The standard InChI is InChI=1S/C5H4Cl2N4/c6-4(7)2-11-3-9-5(1-8)10-11/h3-4H,2H2. The molecule has 1 aromatic heterocycles. The minimum Gasteiger partial charge on any atom is -0.249 e. The van der Waals surface area contributed by atoms with E-state index in [9.17, 15) is 0 Å². The number of halogens is 2. The Morgan fingerprint density at radius 1 is 1.73 bits per heavy atom. The highest BCUT2D eigenvalue weighted by molar-refractivity contribution is 6.44. The molecule has 0 bridgehead atoms. The zero-order valence-corrected chi connectivity index (χ0v) is 6.92. The van der Waals surface area contributed by atoms with Crippen molar-refractivity contribution < 1.29 is 0 Å². The van der Waals surface area contributed by atoms with Crippen LogP contribution in [-0.4, -0.2) is 19.6 Å². The lowest BCUT2D eigenvalue weighted by Crippen LogP contribution is -2.05. The first-order chi connectivity index (χ1) is 5.22. The molecular formula is C5H4Cl2N4. The van der Waals surface area contributed by atoms with E-state index in [1.165, 1.54) is 11.0 Å². The monoisotopic (exact) mass is 190 g/mol. The van der Waals surface area contributed by atoms with Crippen molar-refractivity contribution in [2.24, 2.45) is 0 Å². The molecule has 0 atom stereocenters. The van der Waals surface area contributed by atoms with Crippen LogP contribution in [0.1, 0.15) is 5.82 Å². The van der Waals surface area contributed by atoms with Gasteiger partial charge in [0.25, 0.3) is 5.82 Å². The van der Waals surface area contributed by atoms with Crippen molar-refractivity contribution in [1.29, 1.82) is 5.26 Å². The lowest BCUT2D eigenvalue weighted by Gasteiger charge is -1.97. The summed E-state index contributed by atoms with van der Waals surface area (Å²) in [6.07, 6.45) is 1.41. The number of hydrogen-bond acceptors (Lipinski definition) is 3. The van der Waals surface area contributed by atoms with Gasteiger partial charge in [-0.25, -0.2) is 9.67 Å². The van der Waals surface area contributed by atoms with Gasteiger partial charge in [0.1, 0.15) is 17.2 Å². The maximum absolute atomic E-state index is 8.33. The Morgan fingerprint density at radius 3 is 2.91 bits per heavy atom. The van der Waals surface area contributed by atoms with Crippen molar-refractivity contribution >= 4 is 23.2 Å². The van der Waals surface area contributed by atoms with Crippen LogP contribution in [0, 0.1) is 11.3 Å². The molecule has 0 fully saturated rings.